The fraction of sp³-hybridized carbons (Fsp3) is 0.111. The van der Waals surface area contributed by atoms with Crippen molar-refractivity contribution in [2.75, 3.05) is 7.05 Å². The van der Waals surface area contributed by atoms with Gasteiger partial charge in [0, 0.05) is 35.0 Å². The van der Waals surface area contributed by atoms with Crippen molar-refractivity contribution in [2.45, 2.75) is 13.1 Å². The lowest BCUT2D eigenvalue weighted by Crippen LogP contribution is -2.28. The van der Waals surface area contributed by atoms with Crippen molar-refractivity contribution in [3.8, 4) is 10.4 Å². The van der Waals surface area contributed by atoms with Crippen LogP contribution in [0.25, 0.3) is 16.5 Å². The molecular formula is C27H23FN2O3S. The van der Waals surface area contributed by atoms with Gasteiger partial charge >= 0.3 is 0 Å². The number of benzene rings is 2. The summed E-state index contributed by atoms with van der Waals surface area (Å²) in [5.41, 5.74) is 2.39. The number of halogens is 1. The number of amides is 2. The summed E-state index contributed by atoms with van der Waals surface area (Å²) in [6.07, 6.45) is 4.90. The fourth-order valence-electron chi connectivity index (χ4n) is 3.40. The summed E-state index contributed by atoms with van der Waals surface area (Å²) >= 11 is 1.52. The van der Waals surface area contributed by atoms with Gasteiger partial charge in [-0.15, -0.1) is 11.3 Å². The Morgan fingerprint density at radius 3 is 2.44 bits per heavy atom. The van der Waals surface area contributed by atoms with Crippen LogP contribution >= 0.6 is 11.3 Å². The molecule has 2 aromatic heterocycles. The van der Waals surface area contributed by atoms with Crippen molar-refractivity contribution in [3.05, 3.63) is 113 Å². The number of hydrogen-bond donors (Lipinski definition) is 1. The van der Waals surface area contributed by atoms with Crippen molar-refractivity contribution < 1.29 is 18.4 Å². The summed E-state index contributed by atoms with van der Waals surface area (Å²) < 4.78 is 18.6. The smallest absolute Gasteiger partial charge is 0.251 e. The molecule has 0 bridgehead atoms. The molecule has 0 atom stereocenters. The highest BCUT2D eigenvalue weighted by Crippen LogP contribution is 2.29. The molecule has 2 aromatic carbocycles. The van der Waals surface area contributed by atoms with E-state index in [2.05, 4.69) is 5.32 Å². The SMILES string of the molecule is CNC(=O)c1ccc(CN(Cc2ccco2)C(=O)/C=C/c2ccc(-c3ccc(F)cc3)s2)cc1. The van der Waals surface area contributed by atoms with E-state index in [0.29, 0.717) is 24.4 Å². The first kappa shape index (κ1) is 23.2. The van der Waals surface area contributed by atoms with Gasteiger partial charge in [-0.3, -0.25) is 9.59 Å². The van der Waals surface area contributed by atoms with Gasteiger partial charge in [-0.25, -0.2) is 4.39 Å². The van der Waals surface area contributed by atoms with E-state index in [1.54, 1.807) is 60.7 Å². The number of rotatable bonds is 8. The van der Waals surface area contributed by atoms with Crippen LogP contribution in [0, 0.1) is 5.82 Å². The van der Waals surface area contributed by atoms with Crippen molar-refractivity contribution in [1.29, 1.82) is 0 Å². The van der Waals surface area contributed by atoms with Crippen molar-refractivity contribution in [2.24, 2.45) is 0 Å². The minimum Gasteiger partial charge on any atom is -0.467 e. The van der Waals surface area contributed by atoms with Crippen LogP contribution in [0.15, 0.2) is 89.6 Å². The van der Waals surface area contributed by atoms with Crippen LogP contribution in [-0.2, 0) is 17.9 Å². The molecule has 5 nitrogen and oxygen atoms in total. The van der Waals surface area contributed by atoms with Crippen LogP contribution in [0.5, 0.6) is 0 Å². The van der Waals surface area contributed by atoms with Gasteiger partial charge in [0.15, 0.2) is 0 Å². The molecule has 0 radical (unpaired) electrons. The maximum Gasteiger partial charge on any atom is 0.251 e. The van der Waals surface area contributed by atoms with Gasteiger partial charge in [0.2, 0.25) is 5.91 Å². The number of nitrogens with one attached hydrogen (secondary N) is 1. The Balaban J connectivity index is 1.48. The van der Waals surface area contributed by atoms with Gasteiger partial charge in [0.25, 0.3) is 5.91 Å². The Kier molecular flexibility index (Phi) is 7.34. The van der Waals surface area contributed by atoms with Crippen LogP contribution in [0.3, 0.4) is 0 Å². The highest BCUT2D eigenvalue weighted by molar-refractivity contribution is 7.16. The molecule has 2 heterocycles. The minimum atomic E-state index is -0.272. The van der Waals surface area contributed by atoms with Crippen LogP contribution in [-0.4, -0.2) is 23.8 Å². The molecule has 7 heteroatoms. The lowest BCUT2D eigenvalue weighted by molar-refractivity contribution is -0.127. The van der Waals surface area contributed by atoms with E-state index >= 15 is 0 Å². The molecule has 0 unspecified atom stereocenters. The van der Waals surface area contributed by atoms with Crippen LogP contribution < -0.4 is 5.32 Å². The van der Waals surface area contributed by atoms with E-state index in [1.165, 1.54) is 23.5 Å². The third-order valence-corrected chi connectivity index (χ3v) is 6.30. The van der Waals surface area contributed by atoms with Gasteiger partial charge in [-0.1, -0.05) is 24.3 Å². The third-order valence-electron chi connectivity index (χ3n) is 5.20. The number of nitrogens with zero attached hydrogens (tertiary/aromatic N) is 1. The lowest BCUT2D eigenvalue weighted by atomic mass is 10.1. The average Bonchev–Trinajstić information content (AvgIpc) is 3.55. The second-order valence-electron chi connectivity index (χ2n) is 7.59. The molecule has 172 valence electrons. The van der Waals surface area contributed by atoms with Crippen LogP contribution in [0.1, 0.15) is 26.6 Å². The molecule has 0 saturated carbocycles. The topological polar surface area (TPSA) is 62.6 Å². The molecule has 34 heavy (non-hydrogen) atoms. The summed E-state index contributed by atoms with van der Waals surface area (Å²) in [5, 5.41) is 2.60. The molecule has 0 aliphatic carbocycles. The monoisotopic (exact) mass is 474 g/mol. The quantitative estimate of drug-likeness (QED) is 0.331. The molecule has 0 saturated heterocycles. The maximum absolute atomic E-state index is 13.2. The average molecular weight is 475 g/mol. The van der Waals surface area contributed by atoms with Crippen molar-refractivity contribution in [3.63, 3.8) is 0 Å². The molecular weight excluding hydrogens is 451 g/mol. The van der Waals surface area contributed by atoms with Crippen molar-refractivity contribution in [1.82, 2.24) is 10.2 Å². The minimum absolute atomic E-state index is 0.158. The number of hydrogen-bond acceptors (Lipinski definition) is 4. The normalized spacial score (nSPS) is 11.0. The Labute approximate surface area is 201 Å². The summed E-state index contributed by atoms with van der Waals surface area (Å²) in [6, 6.07) is 21.0. The second kappa shape index (κ2) is 10.8. The van der Waals surface area contributed by atoms with Gasteiger partial charge in [-0.2, -0.15) is 0 Å². The Bertz CT molecular complexity index is 1280. The molecule has 4 rings (SSSR count). The predicted octanol–water partition coefficient (Wildman–Crippen LogP) is 5.75. The molecule has 2 amide bonds. The third kappa shape index (κ3) is 5.88. The molecule has 0 spiro atoms. The largest absolute Gasteiger partial charge is 0.467 e. The summed E-state index contributed by atoms with van der Waals surface area (Å²) in [5.74, 6) is 0.0851. The Morgan fingerprint density at radius 1 is 1.00 bits per heavy atom. The second-order valence-corrected chi connectivity index (χ2v) is 8.71. The predicted molar refractivity (Wildman–Crippen MR) is 132 cm³/mol. The zero-order chi connectivity index (χ0) is 23.9. The highest BCUT2D eigenvalue weighted by atomic mass is 32.1. The zero-order valence-electron chi connectivity index (χ0n) is 18.5. The molecule has 4 aromatic rings. The van der Waals surface area contributed by atoms with E-state index in [9.17, 15) is 14.0 Å². The van der Waals surface area contributed by atoms with E-state index in [1.807, 2.05) is 30.3 Å². The first-order chi connectivity index (χ1) is 16.5. The zero-order valence-corrected chi connectivity index (χ0v) is 19.3. The number of furan rings is 1. The molecule has 1 N–H and O–H groups in total. The molecule has 0 aliphatic heterocycles. The standard InChI is InChI=1S/C27H23FN2O3S/c1-29-27(32)21-6-4-19(5-7-21)17-30(18-23-3-2-16-33-23)26(31)15-13-24-12-14-25(34-24)20-8-10-22(28)11-9-20/h2-16H,17-18H2,1H3,(H,29,32)/b15-13+. The lowest BCUT2D eigenvalue weighted by Gasteiger charge is -2.20. The number of carbonyl (C=O) groups excluding carboxylic acids is 2. The summed E-state index contributed by atoms with van der Waals surface area (Å²) in [7, 11) is 1.59. The van der Waals surface area contributed by atoms with E-state index in [0.717, 1.165) is 20.9 Å². The summed E-state index contributed by atoms with van der Waals surface area (Å²) in [4.78, 5) is 28.5. The fourth-order valence-corrected chi connectivity index (χ4v) is 4.32. The van der Waals surface area contributed by atoms with Gasteiger partial charge < -0.3 is 14.6 Å². The van der Waals surface area contributed by atoms with Gasteiger partial charge in [0.05, 0.1) is 12.8 Å². The van der Waals surface area contributed by atoms with E-state index < -0.39 is 0 Å². The Morgan fingerprint density at radius 2 is 1.76 bits per heavy atom. The Hall–Kier alpha value is -3.97. The van der Waals surface area contributed by atoms with Gasteiger partial charge in [0.1, 0.15) is 11.6 Å². The first-order valence-electron chi connectivity index (χ1n) is 10.7. The molecule has 0 fully saturated rings. The van der Waals surface area contributed by atoms with E-state index in [4.69, 9.17) is 4.42 Å². The van der Waals surface area contributed by atoms with Gasteiger partial charge in [-0.05, 0) is 65.7 Å². The molecule has 0 aliphatic rings. The van der Waals surface area contributed by atoms with Crippen LogP contribution in [0.2, 0.25) is 0 Å². The number of thiophene rings is 1. The first-order valence-corrected chi connectivity index (χ1v) is 11.5. The van der Waals surface area contributed by atoms with E-state index in [-0.39, 0.29) is 17.6 Å². The highest BCUT2D eigenvalue weighted by Gasteiger charge is 2.14. The van der Waals surface area contributed by atoms with Crippen molar-refractivity contribution >= 4 is 29.2 Å². The number of carbonyl (C=O) groups is 2. The maximum atomic E-state index is 13.2. The summed E-state index contributed by atoms with van der Waals surface area (Å²) in [6.45, 7) is 0.682. The van der Waals surface area contributed by atoms with Crippen LogP contribution in [0.4, 0.5) is 4.39 Å².